The molecule has 5 nitrogen and oxygen atoms in total. The van der Waals surface area contributed by atoms with Gasteiger partial charge in [-0.05, 0) is 36.4 Å². The highest BCUT2D eigenvalue weighted by Gasteiger charge is 2.09. The summed E-state index contributed by atoms with van der Waals surface area (Å²) >= 11 is 5.84. The molecule has 0 unspecified atom stereocenters. The molecule has 2 aromatic carbocycles. The molecule has 106 valence electrons. The Labute approximate surface area is 126 Å². The van der Waals surface area contributed by atoms with Crippen molar-refractivity contribution in [1.82, 2.24) is 10.1 Å². The van der Waals surface area contributed by atoms with Crippen LogP contribution in [0.4, 0.5) is 5.69 Å². The molecule has 21 heavy (non-hydrogen) atoms. The van der Waals surface area contributed by atoms with E-state index in [0.717, 1.165) is 5.56 Å². The van der Waals surface area contributed by atoms with Crippen LogP contribution in [0, 0.1) is 0 Å². The molecular weight excluding hydrogens is 290 g/mol. The second-order valence-electron chi connectivity index (χ2n) is 4.35. The summed E-state index contributed by atoms with van der Waals surface area (Å²) in [6.45, 7) is 0.186. The van der Waals surface area contributed by atoms with Crippen LogP contribution in [-0.4, -0.2) is 10.1 Å². The molecular formula is C15H12ClN3O2. The number of anilines is 1. The monoisotopic (exact) mass is 301 g/mol. The van der Waals surface area contributed by atoms with Crippen LogP contribution in [0.3, 0.4) is 0 Å². The zero-order valence-electron chi connectivity index (χ0n) is 11.0. The third kappa shape index (κ3) is 3.14. The third-order valence-corrected chi connectivity index (χ3v) is 3.09. The predicted molar refractivity (Wildman–Crippen MR) is 79.9 cm³/mol. The molecule has 0 saturated carbocycles. The topological polar surface area (TPSA) is 74.2 Å². The van der Waals surface area contributed by atoms with Crippen molar-refractivity contribution in [2.24, 2.45) is 0 Å². The summed E-state index contributed by atoms with van der Waals surface area (Å²) in [5.74, 6) is 1.46. The van der Waals surface area contributed by atoms with Crippen molar-refractivity contribution in [2.45, 2.75) is 6.61 Å². The Morgan fingerprint density at radius 3 is 2.62 bits per heavy atom. The molecule has 0 aliphatic carbocycles. The molecule has 0 aliphatic heterocycles. The summed E-state index contributed by atoms with van der Waals surface area (Å²) in [7, 11) is 0. The van der Waals surface area contributed by atoms with Crippen molar-refractivity contribution in [3.63, 3.8) is 0 Å². The lowest BCUT2D eigenvalue weighted by Gasteiger charge is -2.05. The summed E-state index contributed by atoms with van der Waals surface area (Å²) < 4.78 is 10.8. The van der Waals surface area contributed by atoms with Gasteiger partial charge in [0.25, 0.3) is 5.89 Å². The minimum absolute atomic E-state index is 0.186. The Balaban J connectivity index is 1.71. The number of ether oxygens (including phenoxy) is 1. The fourth-order valence-electron chi connectivity index (χ4n) is 1.78. The summed E-state index contributed by atoms with van der Waals surface area (Å²) in [6, 6.07) is 14.4. The fourth-order valence-corrected chi connectivity index (χ4v) is 1.90. The average Bonchev–Trinajstić information content (AvgIpc) is 2.96. The molecule has 3 aromatic rings. The maximum absolute atomic E-state index is 5.84. The number of hydrogen-bond acceptors (Lipinski definition) is 5. The standard InChI is InChI=1S/C15H12ClN3O2/c16-11-7-5-10(6-8-11)15-18-14(19-21-15)9-20-13-4-2-1-3-12(13)17/h1-8H,9,17H2. The number of nitrogens with zero attached hydrogens (tertiary/aromatic N) is 2. The number of halogens is 1. The highest BCUT2D eigenvalue weighted by atomic mass is 35.5. The molecule has 0 aliphatic rings. The van der Waals surface area contributed by atoms with Crippen molar-refractivity contribution >= 4 is 17.3 Å². The molecule has 0 spiro atoms. The molecule has 0 amide bonds. The molecule has 2 N–H and O–H groups in total. The van der Waals surface area contributed by atoms with Crippen LogP contribution < -0.4 is 10.5 Å². The maximum atomic E-state index is 5.84. The van der Waals surface area contributed by atoms with Crippen LogP contribution in [0.2, 0.25) is 5.02 Å². The van der Waals surface area contributed by atoms with Crippen molar-refractivity contribution in [1.29, 1.82) is 0 Å². The second-order valence-corrected chi connectivity index (χ2v) is 4.79. The number of benzene rings is 2. The molecule has 0 saturated heterocycles. The zero-order chi connectivity index (χ0) is 14.7. The van der Waals surface area contributed by atoms with Gasteiger partial charge in [-0.25, -0.2) is 0 Å². The molecule has 1 heterocycles. The number of nitrogens with two attached hydrogens (primary N) is 1. The largest absolute Gasteiger partial charge is 0.483 e. The normalized spacial score (nSPS) is 10.5. The molecule has 0 atom stereocenters. The van der Waals surface area contributed by atoms with Gasteiger partial charge in [-0.1, -0.05) is 28.9 Å². The van der Waals surface area contributed by atoms with Crippen LogP contribution in [0.15, 0.2) is 53.1 Å². The van der Waals surface area contributed by atoms with E-state index in [1.54, 1.807) is 24.3 Å². The van der Waals surface area contributed by atoms with E-state index < -0.39 is 0 Å². The van der Waals surface area contributed by atoms with Crippen molar-refractivity contribution in [2.75, 3.05) is 5.73 Å². The van der Waals surface area contributed by atoms with Crippen LogP contribution >= 0.6 is 11.6 Å². The van der Waals surface area contributed by atoms with Gasteiger partial charge in [0.15, 0.2) is 6.61 Å². The van der Waals surface area contributed by atoms with Gasteiger partial charge in [0.1, 0.15) is 5.75 Å². The Hall–Kier alpha value is -2.53. The van der Waals surface area contributed by atoms with Gasteiger partial charge in [-0.2, -0.15) is 4.98 Å². The lowest BCUT2D eigenvalue weighted by molar-refractivity contribution is 0.288. The van der Waals surface area contributed by atoms with Crippen LogP contribution in [0.5, 0.6) is 5.75 Å². The van der Waals surface area contributed by atoms with Gasteiger partial charge in [-0.15, -0.1) is 0 Å². The number of nitrogen functional groups attached to an aromatic ring is 1. The van der Waals surface area contributed by atoms with E-state index >= 15 is 0 Å². The number of hydrogen-bond donors (Lipinski definition) is 1. The second kappa shape index (κ2) is 5.85. The predicted octanol–water partition coefficient (Wildman–Crippen LogP) is 3.55. The van der Waals surface area contributed by atoms with Crippen molar-refractivity contribution < 1.29 is 9.26 Å². The Morgan fingerprint density at radius 2 is 1.86 bits per heavy atom. The molecule has 0 radical (unpaired) electrons. The van der Waals surface area contributed by atoms with Crippen LogP contribution in [-0.2, 0) is 6.61 Å². The number of para-hydroxylation sites is 2. The van der Waals surface area contributed by atoms with E-state index in [4.69, 9.17) is 26.6 Å². The maximum Gasteiger partial charge on any atom is 0.258 e. The highest BCUT2D eigenvalue weighted by molar-refractivity contribution is 6.30. The van der Waals surface area contributed by atoms with E-state index in [1.165, 1.54) is 0 Å². The van der Waals surface area contributed by atoms with Gasteiger partial charge in [0.05, 0.1) is 5.69 Å². The Bertz CT molecular complexity index is 741. The lowest BCUT2D eigenvalue weighted by atomic mass is 10.2. The Kier molecular flexibility index (Phi) is 3.75. The minimum Gasteiger partial charge on any atom is -0.483 e. The number of rotatable bonds is 4. The summed E-state index contributed by atoms with van der Waals surface area (Å²) in [5, 5.41) is 4.53. The van der Waals surface area contributed by atoms with Crippen LogP contribution in [0.25, 0.3) is 11.5 Å². The van der Waals surface area contributed by atoms with Gasteiger partial charge in [-0.3, -0.25) is 0 Å². The van der Waals surface area contributed by atoms with Crippen molar-refractivity contribution in [3.05, 3.63) is 59.4 Å². The zero-order valence-corrected chi connectivity index (χ0v) is 11.7. The first-order chi connectivity index (χ1) is 10.2. The molecule has 3 rings (SSSR count). The fraction of sp³-hybridized carbons (Fsp3) is 0.0667. The first-order valence-corrected chi connectivity index (χ1v) is 6.66. The molecule has 6 heteroatoms. The first kappa shape index (κ1) is 13.5. The third-order valence-electron chi connectivity index (χ3n) is 2.84. The van der Waals surface area contributed by atoms with E-state index in [0.29, 0.717) is 28.2 Å². The van der Waals surface area contributed by atoms with E-state index in [2.05, 4.69) is 10.1 Å². The smallest absolute Gasteiger partial charge is 0.258 e. The summed E-state index contributed by atoms with van der Waals surface area (Å²) in [4.78, 5) is 4.27. The molecule has 1 aromatic heterocycles. The highest BCUT2D eigenvalue weighted by Crippen LogP contribution is 2.22. The number of aromatic nitrogens is 2. The van der Waals surface area contributed by atoms with Crippen molar-refractivity contribution in [3.8, 4) is 17.2 Å². The van der Waals surface area contributed by atoms with Gasteiger partial charge in [0, 0.05) is 10.6 Å². The van der Waals surface area contributed by atoms with E-state index in [1.807, 2.05) is 24.3 Å². The van der Waals surface area contributed by atoms with Crippen LogP contribution in [0.1, 0.15) is 5.82 Å². The van der Waals surface area contributed by atoms with Gasteiger partial charge < -0.3 is 15.0 Å². The van der Waals surface area contributed by atoms with Gasteiger partial charge in [0.2, 0.25) is 5.82 Å². The summed E-state index contributed by atoms with van der Waals surface area (Å²) in [6.07, 6.45) is 0. The van der Waals surface area contributed by atoms with Gasteiger partial charge >= 0.3 is 0 Å². The first-order valence-electron chi connectivity index (χ1n) is 6.28. The Morgan fingerprint density at radius 1 is 1.10 bits per heavy atom. The quantitative estimate of drug-likeness (QED) is 0.746. The molecule has 0 fully saturated rings. The SMILES string of the molecule is Nc1ccccc1OCc1noc(-c2ccc(Cl)cc2)n1. The minimum atomic E-state index is 0.186. The average molecular weight is 302 g/mol. The molecule has 0 bridgehead atoms. The summed E-state index contributed by atoms with van der Waals surface area (Å²) in [5.41, 5.74) is 7.16. The lowest BCUT2D eigenvalue weighted by Crippen LogP contribution is -2.00. The van der Waals surface area contributed by atoms with E-state index in [9.17, 15) is 0 Å². The van der Waals surface area contributed by atoms with E-state index in [-0.39, 0.29) is 6.61 Å².